The average molecular weight is 347 g/mol. The molecule has 2 fully saturated rings. The monoisotopic (exact) mass is 347 g/mol. The highest BCUT2D eigenvalue weighted by Gasteiger charge is 2.40. The zero-order valence-electron chi connectivity index (χ0n) is 15.5. The number of unbranched alkanes of at least 4 members (excludes halogenated alkanes) is 1. The largest absolute Gasteiger partial charge is 0.493 e. The molecule has 1 saturated heterocycles. The Morgan fingerprint density at radius 1 is 1.20 bits per heavy atom. The van der Waals surface area contributed by atoms with Crippen molar-refractivity contribution in [2.75, 3.05) is 33.4 Å². The first kappa shape index (κ1) is 18.7. The van der Waals surface area contributed by atoms with Crippen LogP contribution in [0.1, 0.15) is 50.5 Å². The molecule has 1 saturated carbocycles. The summed E-state index contributed by atoms with van der Waals surface area (Å²) < 4.78 is 11.3. The van der Waals surface area contributed by atoms with E-state index in [1.165, 1.54) is 12.8 Å². The van der Waals surface area contributed by atoms with Gasteiger partial charge in [0.05, 0.1) is 12.2 Å². The Labute approximate surface area is 151 Å². The van der Waals surface area contributed by atoms with E-state index >= 15 is 0 Å². The Hall–Kier alpha value is -1.10. The summed E-state index contributed by atoms with van der Waals surface area (Å²) >= 11 is 0. The van der Waals surface area contributed by atoms with Crippen LogP contribution in [0.5, 0.6) is 5.75 Å². The number of piperidine rings is 1. The van der Waals surface area contributed by atoms with Gasteiger partial charge in [-0.3, -0.25) is 0 Å². The standard InChI is InChI=1S/C21H33NO3/c1-24-14-5-4-12-21(23,18-7-6-13-22-15-18)19-8-2-3-9-20(19)25-16-17-10-11-17/h2-3,8-9,17-18,22-23H,4-7,10-16H2,1H3. The number of methoxy groups -OCH3 is 1. The van der Waals surface area contributed by atoms with E-state index in [0.29, 0.717) is 5.92 Å². The number of ether oxygens (including phenoxy) is 2. The van der Waals surface area contributed by atoms with Gasteiger partial charge in [0.25, 0.3) is 0 Å². The zero-order valence-corrected chi connectivity index (χ0v) is 15.5. The minimum atomic E-state index is -0.832. The molecule has 1 heterocycles. The van der Waals surface area contributed by atoms with Crippen LogP contribution in [0.4, 0.5) is 0 Å². The molecule has 1 aliphatic carbocycles. The maximum atomic E-state index is 11.8. The third-order valence-corrected chi connectivity index (χ3v) is 5.65. The van der Waals surface area contributed by atoms with Crippen molar-refractivity contribution in [3.8, 4) is 5.75 Å². The van der Waals surface area contributed by atoms with Crippen LogP contribution in [0.15, 0.2) is 24.3 Å². The molecule has 2 unspecified atom stereocenters. The van der Waals surface area contributed by atoms with Gasteiger partial charge in [0.15, 0.2) is 0 Å². The quantitative estimate of drug-likeness (QED) is 0.636. The Morgan fingerprint density at radius 2 is 2.04 bits per heavy atom. The van der Waals surface area contributed by atoms with Crippen LogP contribution in [-0.4, -0.2) is 38.5 Å². The van der Waals surface area contributed by atoms with Crippen molar-refractivity contribution in [1.82, 2.24) is 5.32 Å². The molecule has 25 heavy (non-hydrogen) atoms. The van der Waals surface area contributed by atoms with Gasteiger partial charge in [-0.2, -0.15) is 0 Å². The normalized spacial score (nSPS) is 23.2. The van der Waals surface area contributed by atoms with Crippen molar-refractivity contribution in [3.05, 3.63) is 29.8 Å². The zero-order chi connectivity index (χ0) is 17.5. The van der Waals surface area contributed by atoms with Crippen LogP contribution >= 0.6 is 0 Å². The van der Waals surface area contributed by atoms with E-state index in [4.69, 9.17) is 9.47 Å². The molecule has 4 nitrogen and oxygen atoms in total. The van der Waals surface area contributed by atoms with Crippen molar-refractivity contribution in [2.45, 2.75) is 50.5 Å². The number of hydrogen-bond acceptors (Lipinski definition) is 4. The smallest absolute Gasteiger partial charge is 0.125 e. The Balaban J connectivity index is 1.79. The van der Waals surface area contributed by atoms with Crippen LogP contribution in [0.3, 0.4) is 0 Å². The second-order valence-electron chi connectivity index (χ2n) is 7.67. The number of para-hydroxylation sites is 1. The lowest BCUT2D eigenvalue weighted by Crippen LogP contribution is -2.44. The molecule has 0 radical (unpaired) electrons. The fourth-order valence-corrected chi connectivity index (χ4v) is 3.90. The summed E-state index contributed by atoms with van der Waals surface area (Å²) in [6, 6.07) is 8.12. The molecule has 0 amide bonds. The molecule has 0 aromatic heterocycles. The Bertz CT molecular complexity index is 526. The van der Waals surface area contributed by atoms with Crippen molar-refractivity contribution >= 4 is 0 Å². The van der Waals surface area contributed by atoms with E-state index in [1.807, 2.05) is 18.2 Å². The van der Waals surface area contributed by atoms with E-state index in [0.717, 1.165) is 69.7 Å². The summed E-state index contributed by atoms with van der Waals surface area (Å²) in [4.78, 5) is 0. The van der Waals surface area contributed by atoms with Gasteiger partial charge in [-0.05, 0) is 63.5 Å². The molecule has 1 aromatic rings. The van der Waals surface area contributed by atoms with E-state index in [9.17, 15) is 5.11 Å². The lowest BCUT2D eigenvalue weighted by molar-refractivity contribution is -0.0453. The summed E-state index contributed by atoms with van der Waals surface area (Å²) in [5.41, 5.74) is 0.142. The first-order chi connectivity index (χ1) is 12.2. The van der Waals surface area contributed by atoms with E-state index < -0.39 is 5.60 Å². The van der Waals surface area contributed by atoms with Crippen LogP contribution < -0.4 is 10.1 Å². The second-order valence-corrected chi connectivity index (χ2v) is 7.67. The van der Waals surface area contributed by atoms with Gasteiger partial charge in [-0.25, -0.2) is 0 Å². The lowest BCUT2D eigenvalue weighted by Gasteiger charge is -2.40. The molecule has 2 N–H and O–H groups in total. The average Bonchev–Trinajstić information content (AvgIpc) is 3.49. The third-order valence-electron chi connectivity index (χ3n) is 5.65. The summed E-state index contributed by atoms with van der Waals surface area (Å²) in [7, 11) is 1.73. The predicted molar refractivity (Wildman–Crippen MR) is 99.9 cm³/mol. The van der Waals surface area contributed by atoms with Gasteiger partial charge in [0.1, 0.15) is 5.75 Å². The first-order valence-corrected chi connectivity index (χ1v) is 9.88. The van der Waals surface area contributed by atoms with Crippen molar-refractivity contribution in [2.24, 2.45) is 11.8 Å². The van der Waals surface area contributed by atoms with Crippen LogP contribution in [0.2, 0.25) is 0 Å². The van der Waals surface area contributed by atoms with Crippen LogP contribution in [-0.2, 0) is 10.3 Å². The second kappa shape index (κ2) is 9.02. The number of benzene rings is 1. The van der Waals surface area contributed by atoms with Crippen LogP contribution in [0.25, 0.3) is 0 Å². The topological polar surface area (TPSA) is 50.7 Å². The number of hydrogen-bond donors (Lipinski definition) is 2. The fourth-order valence-electron chi connectivity index (χ4n) is 3.90. The maximum Gasteiger partial charge on any atom is 0.125 e. The van der Waals surface area contributed by atoms with E-state index in [2.05, 4.69) is 11.4 Å². The highest BCUT2D eigenvalue weighted by atomic mass is 16.5. The molecular formula is C21H33NO3. The van der Waals surface area contributed by atoms with Crippen molar-refractivity contribution < 1.29 is 14.6 Å². The highest BCUT2D eigenvalue weighted by Crippen LogP contribution is 2.42. The maximum absolute atomic E-state index is 11.8. The van der Waals surface area contributed by atoms with Crippen LogP contribution in [0, 0.1) is 11.8 Å². The molecule has 140 valence electrons. The minimum Gasteiger partial charge on any atom is -0.493 e. The molecule has 0 spiro atoms. The Morgan fingerprint density at radius 3 is 2.76 bits per heavy atom. The minimum absolute atomic E-state index is 0.231. The van der Waals surface area contributed by atoms with Gasteiger partial charge in [0, 0.05) is 31.7 Å². The van der Waals surface area contributed by atoms with Gasteiger partial charge in [-0.15, -0.1) is 0 Å². The molecule has 0 bridgehead atoms. The number of aliphatic hydroxyl groups is 1. The summed E-state index contributed by atoms with van der Waals surface area (Å²) in [5, 5.41) is 15.3. The molecule has 4 heteroatoms. The van der Waals surface area contributed by atoms with Crippen molar-refractivity contribution in [3.63, 3.8) is 0 Å². The lowest BCUT2D eigenvalue weighted by atomic mass is 9.74. The van der Waals surface area contributed by atoms with Crippen molar-refractivity contribution in [1.29, 1.82) is 0 Å². The fraction of sp³-hybridized carbons (Fsp3) is 0.714. The van der Waals surface area contributed by atoms with Gasteiger partial charge in [0.2, 0.25) is 0 Å². The predicted octanol–water partition coefficient (Wildman–Crippen LogP) is 3.48. The van der Waals surface area contributed by atoms with Gasteiger partial charge >= 0.3 is 0 Å². The summed E-state index contributed by atoms with van der Waals surface area (Å²) in [6.07, 6.45) is 7.42. The number of rotatable bonds is 10. The molecular weight excluding hydrogens is 314 g/mol. The molecule has 1 aromatic carbocycles. The molecule has 2 atom stereocenters. The number of nitrogens with one attached hydrogen (secondary N) is 1. The molecule has 1 aliphatic heterocycles. The van der Waals surface area contributed by atoms with Gasteiger partial charge < -0.3 is 19.9 Å². The SMILES string of the molecule is COCCCCC(O)(c1ccccc1OCC1CC1)C1CCCNC1. The molecule has 2 aliphatic rings. The Kier molecular flexibility index (Phi) is 6.74. The highest BCUT2D eigenvalue weighted by molar-refractivity contribution is 5.39. The van der Waals surface area contributed by atoms with E-state index in [1.54, 1.807) is 7.11 Å². The summed E-state index contributed by atoms with van der Waals surface area (Å²) in [6.45, 7) is 3.45. The van der Waals surface area contributed by atoms with E-state index in [-0.39, 0.29) is 5.92 Å². The molecule has 3 rings (SSSR count). The third kappa shape index (κ3) is 4.96. The first-order valence-electron chi connectivity index (χ1n) is 9.88. The summed E-state index contributed by atoms with van der Waals surface area (Å²) in [5.74, 6) is 1.81. The van der Waals surface area contributed by atoms with Gasteiger partial charge in [-0.1, -0.05) is 18.2 Å².